The number of para-hydroxylation sites is 1. The monoisotopic (exact) mass is 724 g/mol. The Morgan fingerprint density at radius 3 is 1.41 bits per heavy atom. The summed E-state index contributed by atoms with van der Waals surface area (Å²) < 4.78 is 321. The maximum atomic E-state index is 9.78. The molecule has 10 rings (SSSR count). The zero-order chi connectivity index (χ0) is 66.3. The van der Waals surface area contributed by atoms with Gasteiger partial charge in [-0.1, -0.05) is 157 Å². The van der Waals surface area contributed by atoms with Crippen molar-refractivity contribution >= 4 is 27.8 Å². The van der Waals surface area contributed by atoms with E-state index in [4.69, 9.17) is 30.8 Å². The van der Waals surface area contributed by atoms with Crippen LogP contribution in [0.5, 0.6) is 11.5 Å². The summed E-state index contributed by atoms with van der Waals surface area (Å²) in [5.41, 5.74) is -12.3. The molecule has 1 heterocycles. The van der Waals surface area contributed by atoms with Crippen LogP contribution in [0.2, 0.25) is 0 Å². The quantitative estimate of drug-likeness (QED) is 0.169. The van der Waals surface area contributed by atoms with Crippen LogP contribution in [0.25, 0.3) is 66.4 Å². The predicted octanol–water partition coefficient (Wildman–Crippen LogP) is 14.8. The predicted molar refractivity (Wildman–Crippen MR) is 226 cm³/mol. The second kappa shape index (κ2) is 13.4. The van der Waals surface area contributed by atoms with Gasteiger partial charge in [0.05, 0.1) is 48.0 Å². The first-order valence-electron chi connectivity index (χ1n) is 33.1. The highest BCUT2D eigenvalue weighted by molar-refractivity contribution is 6.07. The molecule has 0 aromatic heterocycles. The standard InChI is InChI=1S/C52H35NO/c1-3-11-36(12-4-1)38-19-27-43(28-20-38)53(44-29-21-39(22-30-44)37-13-5-2-6-14-37)45-31-23-40(24-32-45)42-26-34-49-51(35-42)54-50-18-10-9-17-47(50)48-33-25-41-15-7-8-16-46(41)52(48)49/h1-35H/i1D,2D,3D,4D,5D,6D,7D,8D,9D,10D,11D,12D,13D,14D,15D,16D,17D,18D,19D,20D,21D,22D,23D,24D,25D,26D,27D,28D,29D,30D,31D,32D,33D,34D,35D. The molecule has 0 saturated carbocycles. The summed E-state index contributed by atoms with van der Waals surface area (Å²) in [7, 11) is 0. The van der Waals surface area contributed by atoms with Gasteiger partial charge in [-0.15, -0.1) is 0 Å². The Bertz CT molecular complexity index is 4540. The van der Waals surface area contributed by atoms with E-state index in [9.17, 15) is 21.9 Å². The van der Waals surface area contributed by atoms with Crippen molar-refractivity contribution in [3.05, 3.63) is 211 Å². The topological polar surface area (TPSA) is 12.5 Å². The molecule has 0 radical (unpaired) electrons. The number of ether oxygens (including phenoxy) is 1. The van der Waals surface area contributed by atoms with Gasteiger partial charge in [0.15, 0.2) is 0 Å². The molecule has 254 valence electrons. The minimum absolute atomic E-state index is 0.232. The van der Waals surface area contributed by atoms with Crippen molar-refractivity contribution in [2.45, 2.75) is 0 Å². The first-order valence-corrected chi connectivity index (χ1v) is 15.6. The highest BCUT2D eigenvalue weighted by atomic mass is 16.5. The molecule has 1 aliphatic heterocycles. The molecule has 1 aliphatic rings. The molecular formula is C52H35NO. The largest absolute Gasteiger partial charge is 0.456 e. The van der Waals surface area contributed by atoms with Gasteiger partial charge in [0.2, 0.25) is 0 Å². The molecule has 0 fully saturated rings. The maximum absolute atomic E-state index is 9.78. The van der Waals surface area contributed by atoms with Crippen LogP contribution in [0.1, 0.15) is 48.0 Å². The first-order chi connectivity index (χ1) is 41.4. The fourth-order valence-corrected chi connectivity index (χ4v) is 5.48. The van der Waals surface area contributed by atoms with E-state index in [2.05, 4.69) is 0 Å². The highest BCUT2D eigenvalue weighted by Gasteiger charge is 2.23. The molecule has 0 N–H and O–H groups in total. The lowest BCUT2D eigenvalue weighted by Gasteiger charge is -2.26. The van der Waals surface area contributed by atoms with E-state index in [-0.39, 0.29) is 4.90 Å². The van der Waals surface area contributed by atoms with Crippen molar-refractivity contribution in [3.8, 4) is 67.1 Å². The highest BCUT2D eigenvalue weighted by Crippen LogP contribution is 2.50. The summed E-state index contributed by atoms with van der Waals surface area (Å²) in [6, 6.07) is -38.3. The summed E-state index contributed by atoms with van der Waals surface area (Å²) in [6.07, 6.45) is 0. The third-order valence-electron chi connectivity index (χ3n) is 7.89. The average Bonchev–Trinajstić information content (AvgIpc) is 1.70. The SMILES string of the molecule is [2H]c1c([2H])c([2H])c(-c2c([2H])c([2H])c(N(c3c([2H])c([2H])c(-c4c([2H])c([2H])c([2H])c([2H])c4[2H])c([2H])c3[2H])c3c([2H])c([2H])c(-c4c([2H])c([2H])c5c(c4[2H])Oc4c([2H])c([2H])c([2H])c([2H])c4-c4c([2H])c([2H])c6c([2H])c([2H])c([2H])c([2H])c6c4-5)c([2H])c3[2H])c([2H])c2[2H])c([2H])c1[2H]. The van der Waals surface area contributed by atoms with Crippen LogP contribution in [0.15, 0.2) is 211 Å². The number of fused-ring (bicyclic) bond motifs is 7. The summed E-state index contributed by atoms with van der Waals surface area (Å²) in [5.74, 6) is -1.88. The van der Waals surface area contributed by atoms with E-state index in [1.54, 1.807) is 0 Å². The molecule has 0 amide bonds. The Labute approximate surface area is 365 Å². The molecule has 0 spiro atoms. The second-order valence-electron chi connectivity index (χ2n) is 11.0. The van der Waals surface area contributed by atoms with Gasteiger partial charge in [-0.2, -0.15) is 0 Å². The minimum Gasteiger partial charge on any atom is -0.456 e. The molecule has 0 saturated heterocycles. The molecule has 9 aromatic carbocycles. The summed E-state index contributed by atoms with van der Waals surface area (Å²) >= 11 is 0. The Morgan fingerprint density at radius 1 is 0.333 bits per heavy atom. The number of rotatable bonds is 6. The average molecular weight is 725 g/mol. The smallest absolute Gasteiger partial charge is 0.135 e. The lowest BCUT2D eigenvalue weighted by Crippen LogP contribution is -2.09. The van der Waals surface area contributed by atoms with Crippen LogP contribution in [0, 0.1) is 0 Å². The third-order valence-corrected chi connectivity index (χ3v) is 7.89. The van der Waals surface area contributed by atoms with Gasteiger partial charge in [-0.25, -0.2) is 0 Å². The van der Waals surface area contributed by atoms with Crippen LogP contribution in [0.4, 0.5) is 17.1 Å². The molecule has 0 atom stereocenters. The van der Waals surface area contributed by atoms with E-state index >= 15 is 0 Å². The van der Waals surface area contributed by atoms with Crippen molar-refractivity contribution in [1.29, 1.82) is 0 Å². The van der Waals surface area contributed by atoms with Crippen molar-refractivity contribution < 1.29 is 52.7 Å². The molecule has 0 bridgehead atoms. The molecule has 9 aromatic rings. The Morgan fingerprint density at radius 2 is 0.796 bits per heavy atom. The zero-order valence-electron chi connectivity index (χ0n) is 61.9. The molecule has 0 unspecified atom stereocenters. The number of benzene rings is 9. The van der Waals surface area contributed by atoms with Crippen molar-refractivity contribution in [2.24, 2.45) is 0 Å². The van der Waals surface area contributed by atoms with E-state index in [1.807, 2.05) is 0 Å². The van der Waals surface area contributed by atoms with Crippen LogP contribution in [0.3, 0.4) is 0 Å². The Hall–Kier alpha value is -7.16. The van der Waals surface area contributed by atoms with Crippen LogP contribution in [-0.4, -0.2) is 0 Å². The lowest BCUT2D eigenvalue weighted by molar-refractivity contribution is 0.488. The summed E-state index contributed by atoms with van der Waals surface area (Å²) in [4.78, 5) is 0.232. The second-order valence-corrected chi connectivity index (χ2v) is 11.0. The van der Waals surface area contributed by atoms with E-state index < -0.39 is 306 Å². The normalized spacial score (nSPS) is 20.6. The van der Waals surface area contributed by atoms with Crippen LogP contribution >= 0.6 is 0 Å². The van der Waals surface area contributed by atoms with E-state index in [1.165, 1.54) is 0 Å². The fourth-order valence-electron chi connectivity index (χ4n) is 5.48. The minimum atomic E-state index is -1.39. The van der Waals surface area contributed by atoms with Gasteiger partial charge in [0, 0.05) is 33.8 Å². The molecule has 2 heteroatoms. The lowest BCUT2D eigenvalue weighted by atomic mass is 9.89. The maximum Gasteiger partial charge on any atom is 0.135 e. The van der Waals surface area contributed by atoms with Crippen molar-refractivity contribution in [3.63, 3.8) is 0 Å². The number of hydrogen-bond donors (Lipinski definition) is 0. The van der Waals surface area contributed by atoms with E-state index in [0.717, 1.165) is 0 Å². The van der Waals surface area contributed by atoms with Gasteiger partial charge in [0.25, 0.3) is 0 Å². The number of nitrogens with zero attached hydrogens (tertiary/aromatic N) is 1. The fraction of sp³-hybridized carbons (Fsp3) is 0. The van der Waals surface area contributed by atoms with Gasteiger partial charge in [0.1, 0.15) is 11.5 Å². The Balaban J connectivity index is 1.35. The zero-order valence-corrected chi connectivity index (χ0v) is 26.9. The summed E-state index contributed by atoms with van der Waals surface area (Å²) in [5, 5.41) is -1.29. The molecule has 54 heavy (non-hydrogen) atoms. The number of hydrogen-bond acceptors (Lipinski definition) is 2. The van der Waals surface area contributed by atoms with E-state index in [0.29, 0.717) is 0 Å². The first kappa shape index (κ1) is 11.9. The van der Waals surface area contributed by atoms with Gasteiger partial charge >= 0.3 is 0 Å². The summed E-state index contributed by atoms with van der Waals surface area (Å²) in [6.45, 7) is 0. The Kier molecular flexibility index (Phi) is 2.97. The van der Waals surface area contributed by atoms with Crippen molar-refractivity contribution in [1.82, 2.24) is 0 Å². The number of anilines is 3. The van der Waals surface area contributed by atoms with Gasteiger partial charge < -0.3 is 9.64 Å². The third kappa shape index (κ3) is 5.71. The molecular weight excluding hydrogens is 655 g/mol. The van der Waals surface area contributed by atoms with Gasteiger partial charge in [-0.05, 0) is 104 Å². The van der Waals surface area contributed by atoms with Crippen molar-refractivity contribution in [2.75, 3.05) is 4.90 Å². The van der Waals surface area contributed by atoms with Crippen LogP contribution < -0.4 is 9.64 Å². The van der Waals surface area contributed by atoms with Crippen LogP contribution in [-0.2, 0) is 0 Å². The molecule has 2 nitrogen and oxygen atoms in total. The molecule has 0 aliphatic carbocycles. The van der Waals surface area contributed by atoms with Gasteiger partial charge in [-0.3, -0.25) is 0 Å².